The number of carboxylic acid groups (broad SMARTS) is 1. The van der Waals surface area contributed by atoms with E-state index in [4.69, 9.17) is 56.6 Å². The maximum absolute atomic E-state index is 9.89. The predicted molar refractivity (Wildman–Crippen MR) is 64.2 cm³/mol. The number of hydrogen-bond acceptors (Lipinski definition) is 2. The van der Waals surface area contributed by atoms with Gasteiger partial charge in [0.2, 0.25) is 3.79 Å². The van der Waals surface area contributed by atoms with Crippen molar-refractivity contribution >= 4 is 52.4 Å². The van der Waals surface area contributed by atoms with Gasteiger partial charge in [0, 0.05) is 0 Å². The van der Waals surface area contributed by atoms with Crippen LogP contribution in [0.15, 0.2) is 0 Å². The van der Waals surface area contributed by atoms with E-state index in [-0.39, 0.29) is 0 Å². The van der Waals surface area contributed by atoms with Crippen LogP contribution in [0, 0.1) is 0 Å². The molecule has 0 rings (SSSR count). The third-order valence-electron chi connectivity index (χ3n) is 1.20. The standard InChI is InChI=1S/C4H7Cl3O.C4H7ClO2/c1-3(2,8)4(5,6)7;1-4(2,5)3(6)7/h8H,1-2H3;1-2H3,(H,6,7). The number of rotatable bonds is 1. The van der Waals surface area contributed by atoms with Crippen molar-refractivity contribution in [3.8, 4) is 0 Å². The molecule has 0 aromatic carbocycles. The smallest absolute Gasteiger partial charge is 0.324 e. The Kier molecular flexibility index (Phi) is 6.92. The Labute approximate surface area is 109 Å². The molecule has 0 heterocycles. The zero-order chi connectivity index (χ0) is 13.1. The topological polar surface area (TPSA) is 57.5 Å². The summed E-state index contributed by atoms with van der Waals surface area (Å²) in [5.41, 5.74) is -1.27. The summed E-state index contributed by atoms with van der Waals surface area (Å²) in [6.45, 7) is 5.72. The van der Waals surface area contributed by atoms with Crippen LogP contribution in [0.25, 0.3) is 0 Å². The van der Waals surface area contributed by atoms with E-state index in [9.17, 15) is 4.79 Å². The third kappa shape index (κ3) is 9.52. The summed E-state index contributed by atoms with van der Waals surface area (Å²) < 4.78 is -1.59. The van der Waals surface area contributed by atoms with Gasteiger partial charge in [-0.3, -0.25) is 4.79 Å². The van der Waals surface area contributed by atoms with Gasteiger partial charge in [-0.25, -0.2) is 0 Å². The van der Waals surface area contributed by atoms with Crippen molar-refractivity contribution in [1.82, 2.24) is 0 Å². The van der Waals surface area contributed by atoms with Crippen LogP contribution in [-0.2, 0) is 4.79 Å². The normalized spacial score (nSPS) is 12.9. The molecule has 0 bridgehead atoms. The van der Waals surface area contributed by atoms with E-state index in [0.717, 1.165) is 0 Å². The van der Waals surface area contributed by atoms with Crippen molar-refractivity contribution in [3.63, 3.8) is 0 Å². The van der Waals surface area contributed by atoms with Crippen LogP contribution in [0.4, 0.5) is 0 Å². The van der Waals surface area contributed by atoms with E-state index in [1.807, 2.05) is 0 Å². The first-order chi connectivity index (χ1) is 6.19. The molecule has 0 spiro atoms. The Hall–Kier alpha value is 0.590. The Morgan fingerprint density at radius 3 is 1.13 bits per heavy atom. The lowest BCUT2D eigenvalue weighted by atomic mass is 10.2. The summed E-state index contributed by atoms with van der Waals surface area (Å²) in [7, 11) is 0. The van der Waals surface area contributed by atoms with Crippen LogP contribution in [-0.4, -0.2) is 30.5 Å². The van der Waals surface area contributed by atoms with E-state index >= 15 is 0 Å². The molecule has 0 aromatic heterocycles. The minimum atomic E-state index is -1.59. The number of aliphatic hydroxyl groups is 1. The fraction of sp³-hybridized carbons (Fsp3) is 0.875. The summed E-state index contributed by atoms with van der Waals surface area (Å²) in [5.74, 6) is -0.992. The van der Waals surface area contributed by atoms with Gasteiger partial charge < -0.3 is 10.2 Å². The van der Waals surface area contributed by atoms with E-state index in [1.165, 1.54) is 27.7 Å². The van der Waals surface area contributed by atoms with Crippen LogP contribution in [0.5, 0.6) is 0 Å². The molecular formula is C8H14Cl4O3. The zero-order valence-electron chi connectivity index (χ0n) is 8.81. The first-order valence-electron chi connectivity index (χ1n) is 3.91. The maximum atomic E-state index is 9.89. The maximum Gasteiger partial charge on any atom is 0.324 e. The molecule has 0 saturated heterocycles. The number of aliphatic carboxylic acids is 1. The molecular weight excluding hydrogens is 286 g/mol. The number of alkyl halides is 4. The van der Waals surface area contributed by atoms with Gasteiger partial charge in [0.05, 0.1) is 0 Å². The van der Waals surface area contributed by atoms with E-state index < -0.39 is 20.2 Å². The molecule has 0 saturated carbocycles. The lowest BCUT2D eigenvalue weighted by Gasteiger charge is -2.25. The summed E-state index contributed by atoms with van der Waals surface area (Å²) >= 11 is 21.1. The highest BCUT2D eigenvalue weighted by Gasteiger charge is 2.38. The Morgan fingerprint density at radius 2 is 1.13 bits per heavy atom. The molecule has 0 aromatic rings. The van der Waals surface area contributed by atoms with Crippen molar-refractivity contribution in [3.05, 3.63) is 0 Å². The summed E-state index contributed by atoms with van der Waals surface area (Å²) in [6.07, 6.45) is 0. The minimum absolute atomic E-state index is 0.992. The molecule has 7 heteroatoms. The van der Waals surface area contributed by atoms with Gasteiger partial charge in [-0.2, -0.15) is 0 Å². The molecule has 0 aliphatic rings. The fourth-order valence-corrected chi connectivity index (χ4v) is 0. The zero-order valence-corrected chi connectivity index (χ0v) is 11.8. The molecule has 0 unspecified atom stereocenters. The van der Waals surface area contributed by atoms with Gasteiger partial charge in [0.15, 0.2) is 0 Å². The molecule has 15 heavy (non-hydrogen) atoms. The van der Waals surface area contributed by atoms with Gasteiger partial charge in [-0.15, -0.1) is 11.6 Å². The molecule has 0 aliphatic heterocycles. The van der Waals surface area contributed by atoms with Crippen molar-refractivity contribution in [2.45, 2.75) is 42.0 Å². The first-order valence-corrected chi connectivity index (χ1v) is 5.42. The van der Waals surface area contributed by atoms with Gasteiger partial charge in [-0.05, 0) is 27.7 Å². The fourth-order valence-electron chi connectivity index (χ4n) is 0. The number of carboxylic acids is 1. The van der Waals surface area contributed by atoms with E-state index in [2.05, 4.69) is 0 Å². The quantitative estimate of drug-likeness (QED) is 0.731. The van der Waals surface area contributed by atoms with Crippen LogP contribution >= 0.6 is 46.4 Å². The predicted octanol–water partition coefficient (Wildman–Crippen LogP) is 3.22. The molecule has 0 fully saturated rings. The lowest BCUT2D eigenvalue weighted by Crippen LogP contribution is -2.35. The number of hydrogen-bond donors (Lipinski definition) is 2. The molecule has 0 radical (unpaired) electrons. The van der Waals surface area contributed by atoms with Crippen LogP contribution in [0.1, 0.15) is 27.7 Å². The van der Waals surface area contributed by atoms with Crippen molar-refractivity contribution in [2.24, 2.45) is 0 Å². The largest absolute Gasteiger partial charge is 0.480 e. The van der Waals surface area contributed by atoms with Gasteiger partial charge in [0.25, 0.3) is 0 Å². The highest BCUT2D eigenvalue weighted by Crippen LogP contribution is 2.37. The second-order valence-electron chi connectivity index (χ2n) is 3.83. The average Bonchev–Trinajstić information content (AvgIpc) is 1.80. The van der Waals surface area contributed by atoms with Crippen LogP contribution in [0.2, 0.25) is 0 Å². The molecule has 0 amide bonds. The highest BCUT2D eigenvalue weighted by atomic mass is 35.6. The van der Waals surface area contributed by atoms with Gasteiger partial charge in [-0.1, -0.05) is 34.8 Å². The van der Waals surface area contributed by atoms with E-state index in [0.29, 0.717) is 0 Å². The molecule has 0 aliphatic carbocycles. The summed E-state index contributed by atoms with van der Waals surface area (Å²) in [4.78, 5) is 8.78. The van der Waals surface area contributed by atoms with E-state index in [1.54, 1.807) is 0 Å². The Morgan fingerprint density at radius 1 is 1.00 bits per heavy atom. The highest BCUT2D eigenvalue weighted by molar-refractivity contribution is 6.68. The SMILES string of the molecule is CC(C)(Cl)C(=O)O.CC(C)(O)C(Cl)(Cl)Cl. The third-order valence-corrected chi connectivity index (χ3v) is 2.75. The number of carbonyl (C=O) groups is 1. The van der Waals surface area contributed by atoms with Crippen molar-refractivity contribution in [1.29, 1.82) is 0 Å². The summed E-state index contributed by atoms with van der Waals surface area (Å²) in [5, 5.41) is 17.1. The average molecular weight is 300 g/mol. The molecule has 92 valence electrons. The lowest BCUT2D eigenvalue weighted by molar-refractivity contribution is -0.139. The van der Waals surface area contributed by atoms with Crippen molar-refractivity contribution in [2.75, 3.05) is 0 Å². The molecule has 2 N–H and O–H groups in total. The molecule has 0 atom stereocenters. The van der Waals surface area contributed by atoms with Crippen LogP contribution in [0.3, 0.4) is 0 Å². The molecule has 3 nitrogen and oxygen atoms in total. The van der Waals surface area contributed by atoms with Crippen molar-refractivity contribution < 1.29 is 15.0 Å². The minimum Gasteiger partial charge on any atom is -0.480 e. The van der Waals surface area contributed by atoms with Gasteiger partial charge >= 0.3 is 5.97 Å². The Balaban J connectivity index is 0. The number of halogens is 4. The second-order valence-corrected chi connectivity index (χ2v) is 7.06. The first kappa shape index (κ1) is 18.0. The second kappa shape index (κ2) is 5.78. The van der Waals surface area contributed by atoms with Crippen LogP contribution < -0.4 is 0 Å². The van der Waals surface area contributed by atoms with Gasteiger partial charge in [0.1, 0.15) is 10.5 Å². The summed E-state index contributed by atoms with van der Waals surface area (Å²) in [6, 6.07) is 0. The Bertz CT molecular complexity index is 197. The monoisotopic (exact) mass is 298 g/mol.